The molecule has 0 saturated carbocycles. The summed E-state index contributed by atoms with van der Waals surface area (Å²) in [6.45, 7) is 3.75. The first-order chi connectivity index (χ1) is 6.11. The van der Waals surface area contributed by atoms with Crippen LogP contribution in [0.15, 0.2) is 0 Å². The Balaban J connectivity index is 2.71. The molecule has 5 atom stereocenters. The Kier molecular flexibility index (Phi) is 3.67. The third kappa shape index (κ3) is 2.02. The van der Waals surface area contributed by atoms with Gasteiger partial charge in [-0.05, 0) is 13.8 Å². The monoisotopic (exact) mass is 190 g/mol. The van der Waals surface area contributed by atoms with Gasteiger partial charge in [0.05, 0.1) is 12.2 Å². The lowest BCUT2D eigenvalue weighted by Crippen LogP contribution is -2.57. The van der Waals surface area contributed by atoms with Gasteiger partial charge in [0.2, 0.25) is 0 Å². The van der Waals surface area contributed by atoms with E-state index in [0.717, 1.165) is 0 Å². The van der Waals surface area contributed by atoms with Crippen molar-refractivity contribution in [1.29, 1.82) is 0 Å². The van der Waals surface area contributed by atoms with Crippen LogP contribution in [-0.2, 0) is 14.2 Å². The van der Waals surface area contributed by atoms with E-state index >= 15 is 0 Å². The SMILES string of the molecule is CO[C@@H]1[C@H](OC)[C@@H](O)C(C)O[C@H]1C. The minimum atomic E-state index is -0.619. The highest BCUT2D eigenvalue weighted by atomic mass is 16.6. The van der Waals surface area contributed by atoms with Gasteiger partial charge in [-0.3, -0.25) is 0 Å². The molecule has 0 aromatic carbocycles. The summed E-state index contributed by atoms with van der Waals surface area (Å²) < 4.78 is 15.9. The Morgan fingerprint density at radius 2 is 1.54 bits per heavy atom. The Morgan fingerprint density at radius 3 is 2.00 bits per heavy atom. The van der Waals surface area contributed by atoms with Crippen molar-refractivity contribution in [3.8, 4) is 0 Å². The van der Waals surface area contributed by atoms with Crippen LogP contribution in [0.4, 0.5) is 0 Å². The third-order valence-electron chi connectivity index (χ3n) is 2.58. The van der Waals surface area contributed by atoms with Crippen LogP contribution < -0.4 is 0 Å². The summed E-state index contributed by atoms with van der Waals surface area (Å²) in [4.78, 5) is 0. The summed E-state index contributed by atoms with van der Waals surface area (Å²) in [5, 5.41) is 9.73. The van der Waals surface area contributed by atoms with E-state index in [9.17, 15) is 5.11 Å². The zero-order valence-electron chi connectivity index (χ0n) is 8.56. The van der Waals surface area contributed by atoms with Crippen molar-refractivity contribution >= 4 is 0 Å². The van der Waals surface area contributed by atoms with Crippen molar-refractivity contribution in [3.05, 3.63) is 0 Å². The van der Waals surface area contributed by atoms with Crippen molar-refractivity contribution in [2.24, 2.45) is 0 Å². The lowest BCUT2D eigenvalue weighted by Gasteiger charge is -2.41. The first kappa shape index (κ1) is 10.9. The standard InChI is InChI=1S/C9H18O4/c1-5-7(10)9(12-4)8(11-3)6(2)13-5/h5-10H,1-4H3/t5?,6-,7-,8-,9+/m0/s1. The van der Waals surface area contributed by atoms with Gasteiger partial charge in [-0.1, -0.05) is 0 Å². The lowest BCUT2D eigenvalue weighted by atomic mass is 9.96. The maximum atomic E-state index is 9.73. The van der Waals surface area contributed by atoms with Crippen LogP contribution in [0.3, 0.4) is 0 Å². The molecule has 0 aromatic rings. The number of ether oxygens (including phenoxy) is 3. The highest BCUT2D eigenvalue weighted by molar-refractivity contribution is 4.90. The van der Waals surface area contributed by atoms with Crippen LogP contribution in [0.5, 0.6) is 0 Å². The molecule has 0 amide bonds. The van der Waals surface area contributed by atoms with E-state index < -0.39 is 6.10 Å². The Labute approximate surface area is 78.8 Å². The molecule has 0 spiro atoms. The Morgan fingerprint density at radius 1 is 1.00 bits per heavy atom. The molecule has 0 aliphatic carbocycles. The first-order valence-electron chi connectivity index (χ1n) is 4.51. The molecule has 1 aliphatic rings. The van der Waals surface area contributed by atoms with Crippen LogP contribution >= 0.6 is 0 Å². The minimum absolute atomic E-state index is 0.0478. The highest BCUT2D eigenvalue weighted by Crippen LogP contribution is 2.24. The van der Waals surface area contributed by atoms with Gasteiger partial charge in [0.25, 0.3) is 0 Å². The predicted octanol–water partition coefficient (Wildman–Crippen LogP) is 0.185. The second-order valence-electron chi connectivity index (χ2n) is 3.44. The van der Waals surface area contributed by atoms with Crippen molar-refractivity contribution in [3.63, 3.8) is 0 Å². The number of methoxy groups -OCH3 is 2. The smallest absolute Gasteiger partial charge is 0.114 e. The molecule has 0 aromatic heterocycles. The van der Waals surface area contributed by atoms with Crippen LogP contribution in [0, 0.1) is 0 Å². The van der Waals surface area contributed by atoms with Crippen molar-refractivity contribution < 1.29 is 19.3 Å². The second-order valence-corrected chi connectivity index (χ2v) is 3.44. The third-order valence-corrected chi connectivity index (χ3v) is 2.58. The molecule has 78 valence electrons. The molecule has 1 rings (SSSR count). The summed E-state index contributed by atoms with van der Waals surface area (Å²) in [6, 6.07) is 0. The topological polar surface area (TPSA) is 47.9 Å². The fourth-order valence-electron chi connectivity index (χ4n) is 1.82. The van der Waals surface area contributed by atoms with Gasteiger partial charge in [-0.15, -0.1) is 0 Å². The number of aliphatic hydroxyl groups is 1. The van der Waals surface area contributed by atoms with Gasteiger partial charge >= 0.3 is 0 Å². The summed E-state index contributed by atoms with van der Waals surface area (Å²) in [5.41, 5.74) is 0. The first-order valence-corrected chi connectivity index (χ1v) is 4.51. The zero-order valence-corrected chi connectivity index (χ0v) is 8.56. The van der Waals surface area contributed by atoms with Gasteiger partial charge in [0.15, 0.2) is 0 Å². The quantitative estimate of drug-likeness (QED) is 0.675. The molecular weight excluding hydrogens is 172 g/mol. The van der Waals surface area contributed by atoms with Gasteiger partial charge in [0.1, 0.15) is 18.3 Å². The van der Waals surface area contributed by atoms with E-state index in [0.29, 0.717) is 0 Å². The van der Waals surface area contributed by atoms with E-state index in [-0.39, 0.29) is 24.4 Å². The minimum Gasteiger partial charge on any atom is -0.388 e. The molecule has 1 saturated heterocycles. The van der Waals surface area contributed by atoms with E-state index in [2.05, 4.69) is 0 Å². The maximum absolute atomic E-state index is 9.73. The molecular formula is C9H18O4. The summed E-state index contributed by atoms with van der Waals surface area (Å²) in [7, 11) is 3.17. The molecule has 1 fully saturated rings. The number of rotatable bonds is 2. The number of aliphatic hydroxyl groups excluding tert-OH is 1. The van der Waals surface area contributed by atoms with Crippen LogP contribution in [-0.4, -0.2) is 49.8 Å². The average Bonchev–Trinajstić information content (AvgIpc) is 2.10. The lowest BCUT2D eigenvalue weighted by molar-refractivity contribution is -0.226. The Bertz CT molecular complexity index is 162. The van der Waals surface area contributed by atoms with Crippen LogP contribution in [0.2, 0.25) is 0 Å². The molecule has 1 N–H and O–H groups in total. The van der Waals surface area contributed by atoms with Gasteiger partial charge in [-0.2, -0.15) is 0 Å². The highest BCUT2D eigenvalue weighted by Gasteiger charge is 2.41. The van der Waals surface area contributed by atoms with Crippen LogP contribution in [0.25, 0.3) is 0 Å². The van der Waals surface area contributed by atoms with Crippen molar-refractivity contribution in [2.45, 2.75) is 44.4 Å². The molecule has 1 aliphatic heterocycles. The second kappa shape index (κ2) is 4.37. The summed E-state index contributed by atoms with van der Waals surface area (Å²) >= 11 is 0. The Hall–Kier alpha value is -0.160. The zero-order chi connectivity index (χ0) is 10.0. The van der Waals surface area contributed by atoms with Gasteiger partial charge in [0, 0.05) is 14.2 Å². The van der Waals surface area contributed by atoms with E-state index in [4.69, 9.17) is 14.2 Å². The largest absolute Gasteiger partial charge is 0.388 e. The fourth-order valence-corrected chi connectivity index (χ4v) is 1.82. The van der Waals surface area contributed by atoms with Crippen molar-refractivity contribution in [1.82, 2.24) is 0 Å². The van der Waals surface area contributed by atoms with E-state index in [1.807, 2.05) is 13.8 Å². The molecule has 4 nitrogen and oxygen atoms in total. The average molecular weight is 190 g/mol. The molecule has 0 radical (unpaired) electrons. The molecule has 1 unspecified atom stereocenters. The number of hydrogen-bond donors (Lipinski definition) is 1. The summed E-state index contributed by atoms with van der Waals surface area (Å²) in [6.07, 6.45) is -1.37. The maximum Gasteiger partial charge on any atom is 0.114 e. The number of hydrogen-bond acceptors (Lipinski definition) is 4. The van der Waals surface area contributed by atoms with Gasteiger partial charge in [-0.25, -0.2) is 0 Å². The normalized spacial score (nSPS) is 46.4. The molecule has 4 heteroatoms. The van der Waals surface area contributed by atoms with Gasteiger partial charge < -0.3 is 19.3 Å². The van der Waals surface area contributed by atoms with E-state index in [1.54, 1.807) is 14.2 Å². The molecule has 1 heterocycles. The fraction of sp³-hybridized carbons (Fsp3) is 1.00. The van der Waals surface area contributed by atoms with Crippen LogP contribution in [0.1, 0.15) is 13.8 Å². The molecule has 13 heavy (non-hydrogen) atoms. The van der Waals surface area contributed by atoms with E-state index in [1.165, 1.54) is 0 Å². The van der Waals surface area contributed by atoms with Crippen molar-refractivity contribution in [2.75, 3.05) is 14.2 Å². The summed E-state index contributed by atoms with van der Waals surface area (Å²) in [5.74, 6) is 0. The molecule has 0 bridgehead atoms. The predicted molar refractivity (Wildman–Crippen MR) is 47.6 cm³/mol.